The summed E-state index contributed by atoms with van der Waals surface area (Å²) in [5.41, 5.74) is 7.54. The van der Waals surface area contributed by atoms with Gasteiger partial charge in [-0.05, 0) is 43.0 Å². The fraction of sp³-hybridized carbons (Fsp3) is 0.0588. The number of nitrogens with two attached hydrogens (primary N) is 1. The molecule has 2 N–H and O–H groups in total. The van der Waals surface area contributed by atoms with E-state index in [9.17, 15) is 4.79 Å². The van der Waals surface area contributed by atoms with E-state index in [0.717, 1.165) is 10.5 Å². The number of aryl methyl sites for hydroxylation is 1. The minimum Gasteiger partial charge on any atom is -0.429 e. The third-order valence-electron chi connectivity index (χ3n) is 3.08. The summed E-state index contributed by atoms with van der Waals surface area (Å²) in [5, 5.41) is 0.412. The number of benzene rings is 2. The molecule has 0 aliphatic heterocycles. The summed E-state index contributed by atoms with van der Waals surface area (Å²) >= 11 is 1.34. The highest BCUT2D eigenvalue weighted by Gasteiger charge is 2.19. The molecule has 2 aromatic carbocycles. The van der Waals surface area contributed by atoms with Crippen molar-refractivity contribution in [2.75, 3.05) is 0 Å². The second-order valence-corrected chi connectivity index (χ2v) is 5.85. The van der Waals surface area contributed by atoms with Crippen molar-refractivity contribution in [2.24, 2.45) is 5.73 Å². The summed E-state index contributed by atoms with van der Waals surface area (Å²) in [6.45, 7) is 2.02. The predicted octanol–water partition coefficient (Wildman–Crippen LogP) is 3.90. The number of carbonyl (C=O) groups is 1. The van der Waals surface area contributed by atoms with E-state index in [1.54, 1.807) is 0 Å². The molecule has 0 atom stereocenters. The maximum Gasteiger partial charge on any atom is 0.271 e. The van der Waals surface area contributed by atoms with Crippen molar-refractivity contribution in [3.8, 4) is 11.5 Å². The molecule has 1 heterocycles. The maximum atomic E-state index is 11.6. The molecular weight excluding hydrogens is 296 g/mol. The van der Waals surface area contributed by atoms with E-state index in [4.69, 9.17) is 10.2 Å². The first kappa shape index (κ1) is 14.4. The van der Waals surface area contributed by atoms with E-state index in [-0.39, 0.29) is 5.69 Å². The number of primary amides is 1. The lowest BCUT2D eigenvalue weighted by molar-refractivity contribution is 0.0991. The largest absolute Gasteiger partial charge is 0.429 e. The first-order valence-corrected chi connectivity index (χ1v) is 7.56. The molecule has 0 unspecified atom stereocenters. The summed E-state index contributed by atoms with van der Waals surface area (Å²) < 4.78 is 5.75. The summed E-state index contributed by atoms with van der Waals surface area (Å²) in [7, 11) is 0. The Morgan fingerprint density at radius 2 is 1.77 bits per heavy atom. The smallest absolute Gasteiger partial charge is 0.271 e. The van der Waals surface area contributed by atoms with Crippen LogP contribution in [0.3, 0.4) is 0 Å². The molecule has 0 aliphatic carbocycles. The Labute approximate surface area is 132 Å². The molecule has 0 saturated heterocycles. The van der Waals surface area contributed by atoms with Crippen LogP contribution in [0.5, 0.6) is 0 Å². The van der Waals surface area contributed by atoms with Gasteiger partial charge in [0.1, 0.15) is 0 Å². The molecule has 1 amide bonds. The van der Waals surface area contributed by atoms with Gasteiger partial charge in [-0.25, -0.2) is 4.98 Å². The van der Waals surface area contributed by atoms with Crippen LogP contribution in [0.1, 0.15) is 16.1 Å². The summed E-state index contributed by atoms with van der Waals surface area (Å²) in [4.78, 5) is 16.8. The number of hydrogen-bond donors (Lipinski definition) is 1. The van der Waals surface area contributed by atoms with Crippen LogP contribution in [0.2, 0.25) is 0 Å². The quantitative estimate of drug-likeness (QED) is 0.793. The van der Waals surface area contributed by atoms with Crippen LogP contribution in [-0.4, -0.2) is 10.9 Å². The minimum absolute atomic E-state index is 0.157. The van der Waals surface area contributed by atoms with Crippen molar-refractivity contribution in [2.45, 2.75) is 16.9 Å². The average Bonchev–Trinajstić information content (AvgIpc) is 2.95. The van der Waals surface area contributed by atoms with Gasteiger partial charge in [0.25, 0.3) is 5.91 Å². The number of aromatic nitrogens is 1. The van der Waals surface area contributed by atoms with E-state index in [1.165, 1.54) is 17.3 Å². The molecule has 0 bridgehead atoms. The van der Waals surface area contributed by atoms with Gasteiger partial charge in [0.2, 0.25) is 5.89 Å². The van der Waals surface area contributed by atoms with Gasteiger partial charge in [-0.1, -0.05) is 35.9 Å². The van der Waals surface area contributed by atoms with Crippen LogP contribution in [0.25, 0.3) is 11.5 Å². The second-order valence-electron chi connectivity index (χ2n) is 4.80. The third-order valence-corrected chi connectivity index (χ3v) is 4.05. The number of hydrogen-bond acceptors (Lipinski definition) is 4. The van der Waals surface area contributed by atoms with Crippen molar-refractivity contribution in [3.05, 3.63) is 65.9 Å². The zero-order chi connectivity index (χ0) is 15.5. The molecule has 5 heteroatoms. The fourth-order valence-corrected chi connectivity index (χ4v) is 2.80. The van der Waals surface area contributed by atoms with Crippen molar-refractivity contribution in [3.63, 3.8) is 0 Å². The van der Waals surface area contributed by atoms with Crippen molar-refractivity contribution >= 4 is 17.7 Å². The molecular formula is C17H14N2O2S. The van der Waals surface area contributed by atoms with E-state index in [0.29, 0.717) is 11.0 Å². The summed E-state index contributed by atoms with van der Waals surface area (Å²) in [6.07, 6.45) is 0. The van der Waals surface area contributed by atoms with E-state index in [1.807, 2.05) is 61.5 Å². The second kappa shape index (κ2) is 6.07. The minimum atomic E-state index is -0.597. The lowest BCUT2D eigenvalue weighted by atomic mass is 10.2. The number of nitrogens with zero attached hydrogens (tertiary/aromatic N) is 1. The van der Waals surface area contributed by atoms with Gasteiger partial charge in [0.05, 0.1) is 0 Å². The first-order valence-electron chi connectivity index (χ1n) is 6.74. The molecule has 0 fully saturated rings. The average molecular weight is 310 g/mol. The Balaban J connectivity index is 1.97. The van der Waals surface area contributed by atoms with Crippen molar-refractivity contribution in [1.29, 1.82) is 0 Å². The molecule has 0 aliphatic rings. The zero-order valence-corrected chi connectivity index (χ0v) is 12.8. The summed E-state index contributed by atoms with van der Waals surface area (Å²) in [6, 6.07) is 17.4. The van der Waals surface area contributed by atoms with Gasteiger partial charge in [-0.3, -0.25) is 4.79 Å². The number of rotatable bonds is 4. The highest BCUT2D eigenvalue weighted by molar-refractivity contribution is 7.99. The van der Waals surface area contributed by atoms with Crippen LogP contribution < -0.4 is 5.73 Å². The molecule has 0 spiro atoms. The predicted molar refractivity (Wildman–Crippen MR) is 85.8 cm³/mol. The van der Waals surface area contributed by atoms with Crippen LogP contribution in [0.4, 0.5) is 0 Å². The fourth-order valence-electron chi connectivity index (χ4n) is 1.95. The highest BCUT2D eigenvalue weighted by Crippen LogP contribution is 2.34. The van der Waals surface area contributed by atoms with Crippen LogP contribution in [-0.2, 0) is 0 Å². The molecule has 3 rings (SSSR count). The van der Waals surface area contributed by atoms with Gasteiger partial charge in [-0.15, -0.1) is 0 Å². The van der Waals surface area contributed by atoms with Gasteiger partial charge in [0.15, 0.2) is 10.8 Å². The van der Waals surface area contributed by atoms with Crippen molar-refractivity contribution in [1.82, 2.24) is 4.98 Å². The van der Waals surface area contributed by atoms with E-state index in [2.05, 4.69) is 4.98 Å². The van der Waals surface area contributed by atoms with Crippen molar-refractivity contribution < 1.29 is 9.21 Å². The highest BCUT2D eigenvalue weighted by atomic mass is 32.2. The maximum absolute atomic E-state index is 11.6. The Morgan fingerprint density at radius 1 is 1.09 bits per heavy atom. The lowest BCUT2D eigenvalue weighted by Gasteiger charge is -1.99. The Bertz CT molecular complexity index is 795. The number of carbonyl (C=O) groups excluding carboxylic acids is 1. The monoisotopic (exact) mass is 310 g/mol. The molecule has 3 aromatic rings. The van der Waals surface area contributed by atoms with Crippen LogP contribution >= 0.6 is 11.8 Å². The molecule has 0 radical (unpaired) electrons. The Kier molecular flexibility index (Phi) is 3.98. The standard InChI is InChI=1S/C17H14N2O2S/c1-11-7-9-13(10-8-11)22-17-14(15(18)20)19-16(21-17)12-5-3-2-4-6-12/h2-10H,1H3,(H2,18,20). The molecule has 1 aromatic heterocycles. The zero-order valence-electron chi connectivity index (χ0n) is 11.9. The van der Waals surface area contributed by atoms with Gasteiger partial charge in [-0.2, -0.15) is 0 Å². The van der Waals surface area contributed by atoms with Crippen LogP contribution in [0.15, 0.2) is 69.0 Å². The number of amides is 1. The normalized spacial score (nSPS) is 10.6. The SMILES string of the molecule is Cc1ccc(Sc2oc(-c3ccccc3)nc2C(N)=O)cc1. The Hall–Kier alpha value is -2.53. The third kappa shape index (κ3) is 3.04. The van der Waals surface area contributed by atoms with Gasteiger partial charge >= 0.3 is 0 Å². The number of oxazole rings is 1. The summed E-state index contributed by atoms with van der Waals surface area (Å²) in [5.74, 6) is -0.204. The van der Waals surface area contributed by atoms with E-state index < -0.39 is 5.91 Å². The molecule has 22 heavy (non-hydrogen) atoms. The van der Waals surface area contributed by atoms with Gasteiger partial charge < -0.3 is 10.2 Å². The van der Waals surface area contributed by atoms with E-state index >= 15 is 0 Å². The van der Waals surface area contributed by atoms with Crippen LogP contribution in [0, 0.1) is 6.92 Å². The van der Waals surface area contributed by atoms with Gasteiger partial charge in [0, 0.05) is 10.5 Å². The molecule has 0 saturated carbocycles. The molecule has 4 nitrogen and oxygen atoms in total. The Morgan fingerprint density at radius 3 is 2.41 bits per heavy atom. The molecule has 110 valence electrons. The topological polar surface area (TPSA) is 69.1 Å². The lowest BCUT2D eigenvalue weighted by Crippen LogP contribution is -2.12. The first-order chi connectivity index (χ1) is 10.6.